The normalized spacial score (nSPS) is 15.9. The van der Waals surface area contributed by atoms with Crippen molar-refractivity contribution in [2.45, 2.75) is 51.5 Å². The third-order valence-electron chi connectivity index (χ3n) is 6.47. The molecule has 32 heavy (non-hydrogen) atoms. The molecular formula is C29H37N3. The quantitative estimate of drug-likeness (QED) is 0.439. The van der Waals surface area contributed by atoms with Crippen LogP contribution in [-0.4, -0.2) is 30.2 Å². The Morgan fingerprint density at radius 1 is 1.22 bits per heavy atom. The van der Waals surface area contributed by atoms with E-state index in [0.29, 0.717) is 0 Å². The molecule has 0 amide bonds. The van der Waals surface area contributed by atoms with E-state index in [2.05, 4.69) is 93.9 Å². The van der Waals surface area contributed by atoms with Crippen LogP contribution in [0.15, 0.2) is 84.7 Å². The molecule has 1 N–H and O–H groups in total. The van der Waals surface area contributed by atoms with Crippen molar-refractivity contribution >= 4 is 11.4 Å². The monoisotopic (exact) mass is 427 g/mol. The second kappa shape index (κ2) is 10.0. The van der Waals surface area contributed by atoms with Gasteiger partial charge >= 0.3 is 0 Å². The van der Waals surface area contributed by atoms with Gasteiger partial charge in [-0.2, -0.15) is 0 Å². The molecule has 1 aliphatic rings. The van der Waals surface area contributed by atoms with E-state index in [1.54, 1.807) is 0 Å². The summed E-state index contributed by atoms with van der Waals surface area (Å²) >= 11 is 0. The zero-order valence-corrected chi connectivity index (χ0v) is 20.3. The molecule has 0 bridgehead atoms. The Morgan fingerprint density at radius 3 is 2.56 bits per heavy atom. The van der Waals surface area contributed by atoms with Crippen LogP contribution in [0.3, 0.4) is 0 Å². The highest BCUT2D eigenvalue weighted by Crippen LogP contribution is 2.37. The Labute approximate surface area is 194 Å². The number of aryl methyl sites for hydroxylation is 2. The maximum Gasteiger partial charge on any atom is 0.0941 e. The van der Waals surface area contributed by atoms with E-state index < -0.39 is 5.54 Å². The lowest BCUT2D eigenvalue weighted by Gasteiger charge is -2.40. The van der Waals surface area contributed by atoms with Crippen LogP contribution >= 0.6 is 0 Å². The van der Waals surface area contributed by atoms with Gasteiger partial charge in [-0.3, -0.25) is 4.99 Å². The molecule has 168 valence electrons. The van der Waals surface area contributed by atoms with Gasteiger partial charge in [0.15, 0.2) is 0 Å². The van der Waals surface area contributed by atoms with Crippen molar-refractivity contribution < 1.29 is 0 Å². The Morgan fingerprint density at radius 2 is 1.94 bits per heavy atom. The molecule has 3 nitrogen and oxygen atoms in total. The van der Waals surface area contributed by atoms with Crippen molar-refractivity contribution in [1.29, 1.82) is 0 Å². The molecule has 0 unspecified atom stereocenters. The third kappa shape index (κ3) is 4.88. The Kier molecular flexibility index (Phi) is 7.40. The molecule has 3 heteroatoms. The highest BCUT2D eigenvalue weighted by molar-refractivity contribution is 6.03. The number of benzene rings is 2. The van der Waals surface area contributed by atoms with Gasteiger partial charge in [0, 0.05) is 32.1 Å². The van der Waals surface area contributed by atoms with Crippen LogP contribution in [0.5, 0.6) is 0 Å². The Bertz CT molecular complexity index is 1030. The topological polar surface area (TPSA) is 27.6 Å². The minimum absolute atomic E-state index is 0.0395. The van der Waals surface area contributed by atoms with E-state index in [1.165, 1.54) is 16.7 Å². The maximum absolute atomic E-state index is 5.12. The van der Waals surface area contributed by atoms with Gasteiger partial charge in [0.2, 0.25) is 0 Å². The summed E-state index contributed by atoms with van der Waals surface area (Å²) in [6.45, 7) is 15.2. The average Bonchev–Trinajstić information content (AvgIpc) is 3.28. The van der Waals surface area contributed by atoms with Crippen molar-refractivity contribution in [1.82, 2.24) is 10.2 Å². The smallest absolute Gasteiger partial charge is 0.0941 e. The van der Waals surface area contributed by atoms with Gasteiger partial charge in [0.05, 0.1) is 17.1 Å². The molecule has 2 aromatic rings. The molecule has 1 heterocycles. The second-order valence-corrected chi connectivity index (χ2v) is 9.04. The van der Waals surface area contributed by atoms with E-state index in [-0.39, 0.29) is 5.92 Å². The first-order chi connectivity index (χ1) is 15.3. The van der Waals surface area contributed by atoms with Crippen molar-refractivity contribution in [2.75, 3.05) is 14.1 Å². The molecule has 2 aromatic carbocycles. The first kappa shape index (κ1) is 23.6. The number of nitrogens with zero attached hydrogens (tertiary/aromatic N) is 2. The van der Waals surface area contributed by atoms with Crippen LogP contribution < -0.4 is 5.32 Å². The molecule has 0 radical (unpaired) electrons. The predicted molar refractivity (Wildman–Crippen MR) is 139 cm³/mol. The summed E-state index contributed by atoms with van der Waals surface area (Å²) in [5.41, 5.74) is 6.82. The van der Waals surface area contributed by atoms with Crippen LogP contribution in [0.2, 0.25) is 0 Å². The fourth-order valence-corrected chi connectivity index (χ4v) is 4.42. The molecule has 0 saturated carbocycles. The van der Waals surface area contributed by atoms with Crippen molar-refractivity contribution in [2.24, 2.45) is 4.99 Å². The van der Waals surface area contributed by atoms with E-state index in [9.17, 15) is 0 Å². The molecule has 0 spiro atoms. The van der Waals surface area contributed by atoms with Gasteiger partial charge in [-0.05, 0) is 42.5 Å². The maximum atomic E-state index is 5.12. The summed E-state index contributed by atoms with van der Waals surface area (Å²) in [6.07, 6.45) is 7.29. The summed E-state index contributed by atoms with van der Waals surface area (Å²) in [7, 11) is 4.02. The number of allylic oxidation sites excluding steroid dienone is 1. The number of hydrogen-bond donors (Lipinski definition) is 1. The predicted octanol–water partition coefficient (Wildman–Crippen LogP) is 6.48. The first-order valence-electron chi connectivity index (χ1n) is 11.5. The molecule has 3 rings (SSSR count). The largest absolute Gasteiger partial charge is 0.365 e. The molecule has 0 fully saturated rings. The lowest BCUT2D eigenvalue weighted by Crippen LogP contribution is -2.54. The van der Waals surface area contributed by atoms with Crippen molar-refractivity contribution in [3.63, 3.8) is 0 Å². The molecule has 2 atom stereocenters. The van der Waals surface area contributed by atoms with E-state index in [1.807, 2.05) is 25.1 Å². The molecular weight excluding hydrogens is 390 g/mol. The average molecular weight is 428 g/mol. The standard InChI is InChI=1S/C29H37N3/c1-8-13-24-20-25(17-16-21(24)3)26(9-2)29(5,31-22(4)32(6)7)28-19-18-27(30-28)23-14-11-10-12-15-23/h9-12,14-18,20,26,31H,2,4,8,13,19H2,1,3,5-7H3/t26-,29+/m1/s1. The van der Waals surface area contributed by atoms with Crippen LogP contribution in [-0.2, 0) is 6.42 Å². The van der Waals surface area contributed by atoms with Gasteiger partial charge in [-0.25, -0.2) is 0 Å². The molecule has 0 aliphatic carbocycles. The van der Waals surface area contributed by atoms with Gasteiger partial charge in [-0.15, -0.1) is 6.58 Å². The van der Waals surface area contributed by atoms with Crippen molar-refractivity contribution in [3.8, 4) is 0 Å². The van der Waals surface area contributed by atoms with Crippen LogP contribution in [0.25, 0.3) is 5.70 Å². The van der Waals surface area contributed by atoms with E-state index in [0.717, 1.165) is 42.1 Å². The van der Waals surface area contributed by atoms with E-state index >= 15 is 0 Å². The van der Waals surface area contributed by atoms with Gasteiger partial charge < -0.3 is 10.2 Å². The number of nitrogens with one attached hydrogen (secondary N) is 1. The first-order valence-corrected chi connectivity index (χ1v) is 11.5. The number of aliphatic imine (C=N–C) groups is 1. The summed E-state index contributed by atoms with van der Waals surface area (Å²) in [5.74, 6) is 0.897. The van der Waals surface area contributed by atoms with Crippen molar-refractivity contribution in [3.05, 3.63) is 102 Å². The van der Waals surface area contributed by atoms with Gasteiger partial charge in [-0.1, -0.05) is 80.6 Å². The molecule has 1 aliphatic heterocycles. The van der Waals surface area contributed by atoms with Crippen LogP contribution in [0.4, 0.5) is 0 Å². The number of rotatable bonds is 10. The Hall–Kier alpha value is -3.07. The second-order valence-electron chi connectivity index (χ2n) is 9.04. The summed E-state index contributed by atoms with van der Waals surface area (Å²) in [5, 5.41) is 3.72. The summed E-state index contributed by atoms with van der Waals surface area (Å²) in [6, 6.07) is 17.2. The highest BCUT2D eigenvalue weighted by Gasteiger charge is 2.40. The Balaban J connectivity index is 2.06. The fourth-order valence-electron chi connectivity index (χ4n) is 4.42. The molecule has 0 aromatic heterocycles. The lowest BCUT2D eigenvalue weighted by molar-refractivity contribution is 0.380. The summed E-state index contributed by atoms with van der Waals surface area (Å²) in [4.78, 5) is 7.13. The zero-order valence-electron chi connectivity index (χ0n) is 20.3. The van der Waals surface area contributed by atoms with Crippen LogP contribution in [0, 0.1) is 6.92 Å². The minimum Gasteiger partial charge on any atom is -0.365 e. The molecule has 0 saturated heterocycles. The summed E-state index contributed by atoms with van der Waals surface area (Å²) < 4.78 is 0. The lowest BCUT2D eigenvalue weighted by atomic mass is 9.75. The highest BCUT2D eigenvalue weighted by atomic mass is 15.2. The fraction of sp³-hybridized carbons (Fsp3) is 0.345. The SMILES string of the molecule is C=C[C@H](c1ccc(C)c(CCC)c1)[C@](C)(NC(=C)N(C)C)C1=NC(c2ccccc2)=CC1. The van der Waals surface area contributed by atoms with E-state index in [4.69, 9.17) is 4.99 Å². The number of hydrogen-bond acceptors (Lipinski definition) is 3. The minimum atomic E-state index is -0.463. The van der Waals surface area contributed by atoms with Crippen LogP contribution in [0.1, 0.15) is 54.9 Å². The van der Waals surface area contributed by atoms with Gasteiger partial charge in [0.25, 0.3) is 0 Å². The third-order valence-corrected chi connectivity index (χ3v) is 6.47. The van der Waals surface area contributed by atoms with Gasteiger partial charge in [0.1, 0.15) is 0 Å². The zero-order chi connectivity index (χ0) is 23.3.